The van der Waals surface area contributed by atoms with Crippen molar-refractivity contribution in [1.82, 2.24) is 0 Å². The molecule has 0 aromatic heterocycles. The Morgan fingerprint density at radius 2 is 1.40 bits per heavy atom. The van der Waals surface area contributed by atoms with E-state index in [0.29, 0.717) is 5.41 Å². The largest absolute Gasteiger partial charge is 0.385 e. The highest BCUT2D eigenvalue weighted by Gasteiger charge is 2.08. The lowest BCUT2D eigenvalue weighted by Gasteiger charge is -2.19. The molecule has 0 saturated carbocycles. The maximum absolute atomic E-state index is 3.43. The Kier molecular flexibility index (Phi) is 4.01. The van der Waals surface area contributed by atoms with E-state index in [1.54, 1.807) is 0 Å². The summed E-state index contributed by atoms with van der Waals surface area (Å²) in [4.78, 5) is 0. The second kappa shape index (κ2) is 5.06. The Hall–Kier alpha value is -1.18. The first-order chi connectivity index (χ1) is 7.01. The number of nitrogens with one attached hydrogen (secondary N) is 2. The molecule has 1 aromatic rings. The summed E-state index contributed by atoms with van der Waals surface area (Å²) in [6, 6.07) is 8.44. The fourth-order valence-corrected chi connectivity index (χ4v) is 1.28. The molecule has 0 saturated heterocycles. The van der Waals surface area contributed by atoms with E-state index in [1.807, 2.05) is 0 Å². The van der Waals surface area contributed by atoms with Gasteiger partial charge in [-0.05, 0) is 36.6 Å². The molecule has 0 unspecified atom stereocenters. The summed E-state index contributed by atoms with van der Waals surface area (Å²) in [5.41, 5.74) is 2.69. The van der Waals surface area contributed by atoms with Crippen molar-refractivity contribution < 1.29 is 0 Å². The van der Waals surface area contributed by atoms with Crippen LogP contribution in [0, 0.1) is 5.41 Å². The van der Waals surface area contributed by atoms with E-state index in [9.17, 15) is 0 Å². The third-order valence-corrected chi connectivity index (χ3v) is 2.09. The SMILES string of the molecule is CCNc1ccc(NCC(C)(C)C)cc1. The van der Waals surface area contributed by atoms with Gasteiger partial charge >= 0.3 is 0 Å². The molecule has 0 aliphatic heterocycles. The minimum Gasteiger partial charge on any atom is -0.385 e. The van der Waals surface area contributed by atoms with Crippen LogP contribution in [0.4, 0.5) is 11.4 Å². The van der Waals surface area contributed by atoms with Gasteiger partial charge in [-0.3, -0.25) is 0 Å². The molecule has 0 bridgehead atoms. The van der Waals surface area contributed by atoms with Crippen LogP contribution in [0.2, 0.25) is 0 Å². The molecule has 1 rings (SSSR count). The van der Waals surface area contributed by atoms with E-state index in [0.717, 1.165) is 13.1 Å². The first-order valence-corrected chi connectivity index (χ1v) is 5.59. The first kappa shape index (κ1) is 11.9. The Morgan fingerprint density at radius 1 is 0.933 bits per heavy atom. The van der Waals surface area contributed by atoms with Gasteiger partial charge < -0.3 is 10.6 Å². The van der Waals surface area contributed by atoms with Crippen molar-refractivity contribution in [3.8, 4) is 0 Å². The number of anilines is 2. The van der Waals surface area contributed by atoms with Crippen LogP contribution in [-0.2, 0) is 0 Å². The number of hydrogen-bond acceptors (Lipinski definition) is 2. The van der Waals surface area contributed by atoms with Crippen LogP contribution < -0.4 is 10.6 Å². The molecule has 0 spiro atoms. The van der Waals surface area contributed by atoms with Crippen molar-refractivity contribution in [2.75, 3.05) is 23.7 Å². The lowest BCUT2D eigenvalue weighted by Crippen LogP contribution is -2.18. The Bertz CT molecular complexity index is 282. The quantitative estimate of drug-likeness (QED) is 0.787. The second-order valence-electron chi connectivity index (χ2n) is 5.02. The molecule has 0 atom stereocenters. The fourth-order valence-electron chi connectivity index (χ4n) is 1.28. The van der Waals surface area contributed by atoms with Gasteiger partial charge in [-0.1, -0.05) is 20.8 Å². The molecule has 0 aliphatic carbocycles. The zero-order chi connectivity index (χ0) is 11.3. The third-order valence-electron chi connectivity index (χ3n) is 2.09. The van der Waals surface area contributed by atoms with Gasteiger partial charge in [0.2, 0.25) is 0 Å². The molecule has 0 radical (unpaired) electrons. The van der Waals surface area contributed by atoms with E-state index in [4.69, 9.17) is 0 Å². The summed E-state index contributed by atoms with van der Waals surface area (Å²) in [6.45, 7) is 10.8. The minimum absolute atomic E-state index is 0.320. The van der Waals surface area contributed by atoms with Gasteiger partial charge in [0.1, 0.15) is 0 Å². The smallest absolute Gasteiger partial charge is 0.0341 e. The molecule has 2 nitrogen and oxygen atoms in total. The number of benzene rings is 1. The summed E-state index contributed by atoms with van der Waals surface area (Å²) in [5.74, 6) is 0. The second-order valence-corrected chi connectivity index (χ2v) is 5.02. The standard InChI is InChI=1S/C13H22N2/c1-5-14-11-6-8-12(9-7-11)15-10-13(2,3)4/h6-9,14-15H,5,10H2,1-4H3. The fraction of sp³-hybridized carbons (Fsp3) is 0.538. The van der Waals surface area contributed by atoms with Crippen LogP contribution in [-0.4, -0.2) is 13.1 Å². The highest BCUT2D eigenvalue weighted by atomic mass is 14.9. The van der Waals surface area contributed by atoms with Crippen molar-refractivity contribution in [1.29, 1.82) is 0 Å². The predicted molar refractivity (Wildman–Crippen MR) is 68.6 cm³/mol. The van der Waals surface area contributed by atoms with Crippen LogP contribution >= 0.6 is 0 Å². The monoisotopic (exact) mass is 206 g/mol. The Balaban J connectivity index is 2.50. The van der Waals surface area contributed by atoms with Gasteiger partial charge in [0.05, 0.1) is 0 Å². The maximum Gasteiger partial charge on any atom is 0.0341 e. The van der Waals surface area contributed by atoms with Crippen molar-refractivity contribution in [3.63, 3.8) is 0 Å². The topological polar surface area (TPSA) is 24.1 Å². The van der Waals surface area contributed by atoms with Gasteiger partial charge in [0.15, 0.2) is 0 Å². The molecule has 0 aliphatic rings. The van der Waals surface area contributed by atoms with E-state index >= 15 is 0 Å². The van der Waals surface area contributed by atoms with Gasteiger partial charge in [-0.25, -0.2) is 0 Å². The molecular formula is C13H22N2. The Morgan fingerprint density at radius 3 is 1.80 bits per heavy atom. The summed E-state index contributed by atoms with van der Waals surface area (Å²) < 4.78 is 0. The number of hydrogen-bond donors (Lipinski definition) is 2. The van der Waals surface area contributed by atoms with E-state index in [-0.39, 0.29) is 0 Å². The van der Waals surface area contributed by atoms with Gasteiger partial charge in [-0.2, -0.15) is 0 Å². The zero-order valence-electron chi connectivity index (χ0n) is 10.2. The molecule has 0 fully saturated rings. The Labute approximate surface area is 93.1 Å². The third kappa shape index (κ3) is 4.73. The number of rotatable bonds is 4. The molecule has 2 heteroatoms. The van der Waals surface area contributed by atoms with E-state index in [1.165, 1.54) is 11.4 Å². The normalized spacial score (nSPS) is 11.2. The molecular weight excluding hydrogens is 184 g/mol. The average Bonchev–Trinajstić information content (AvgIpc) is 2.16. The van der Waals surface area contributed by atoms with Crippen molar-refractivity contribution in [3.05, 3.63) is 24.3 Å². The molecule has 15 heavy (non-hydrogen) atoms. The maximum atomic E-state index is 3.43. The summed E-state index contributed by atoms with van der Waals surface area (Å²) in [7, 11) is 0. The van der Waals surface area contributed by atoms with Crippen molar-refractivity contribution >= 4 is 11.4 Å². The molecule has 84 valence electrons. The molecule has 2 N–H and O–H groups in total. The lowest BCUT2D eigenvalue weighted by molar-refractivity contribution is 0.443. The van der Waals surface area contributed by atoms with Crippen LogP contribution in [0.25, 0.3) is 0 Å². The van der Waals surface area contributed by atoms with Gasteiger partial charge in [-0.15, -0.1) is 0 Å². The van der Waals surface area contributed by atoms with Crippen LogP contribution in [0.15, 0.2) is 24.3 Å². The molecule has 1 aromatic carbocycles. The van der Waals surface area contributed by atoms with Crippen LogP contribution in [0.5, 0.6) is 0 Å². The van der Waals surface area contributed by atoms with Crippen LogP contribution in [0.3, 0.4) is 0 Å². The first-order valence-electron chi connectivity index (χ1n) is 5.59. The van der Waals surface area contributed by atoms with E-state index in [2.05, 4.69) is 62.6 Å². The highest BCUT2D eigenvalue weighted by Crippen LogP contribution is 2.17. The predicted octanol–water partition coefficient (Wildman–Crippen LogP) is 3.58. The average molecular weight is 206 g/mol. The van der Waals surface area contributed by atoms with Gasteiger partial charge in [0, 0.05) is 24.5 Å². The summed E-state index contributed by atoms with van der Waals surface area (Å²) in [6.07, 6.45) is 0. The van der Waals surface area contributed by atoms with E-state index < -0.39 is 0 Å². The minimum atomic E-state index is 0.320. The summed E-state index contributed by atoms with van der Waals surface area (Å²) >= 11 is 0. The lowest BCUT2D eigenvalue weighted by atomic mass is 9.97. The van der Waals surface area contributed by atoms with Gasteiger partial charge in [0.25, 0.3) is 0 Å². The molecule has 0 heterocycles. The molecule has 0 amide bonds. The zero-order valence-corrected chi connectivity index (χ0v) is 10.2. The highest BCUT2D eigenvalue weighted by molar-refractivity contribution is 5.53. The van der Waals surface area contributed by atoms with Crippen molar-refractivity contribution in [2.24, 2.45) is 5.41 Å². The summed E-state index contributed by atoms with van der Waals surface area (Å²) in [5, 5.41) is 6.71. The van der Waals surface area contributed by atoms with Crippen molar-refractivity contribution in [2.45, 2.75) is 27.7 Å². The van der Waals surface area contributed by atoms with Crippen LogP contribution in [0.1, 0.15) is 27.7 Å².